The third kappa shape index (κ3) is 3.72. The monoisotopic (exact) mass is 571 g/mol. The lowest BCUT2D eigenvalue weighted by Gasteiger charge is -2.18. The normalized spacial score (nSPS) is 19.9. The summed E-state index contributed by atoms with van der Waals surface area (Å²) in [6.45, 7) is 0. The minimum Gasteiger partial charge on any atom is -0.456 e. The molecule has 0 spiro atoms. The lowest BCUT2D eigenvalue weighted by molar-refractivity contribution is 0.669. The Bertz CT molecular complexity index is 3770. The van der Waals surface area contributed by atoms with Crippen molar-refractivity contribution in [3.63, 3.8) is 0 Å². The smallest absolute Gasteiger partial charge is 0.136 e. The van der Waals surface area contributed by atoms with Gasteiger partial charge in [-0.1, -0.05) is 139 Å². The van der Waals surface area contributed by atoms with E-state index in [2.05, 4.69) is 0 Å². The average Bonchev–Trinajstić information content (AvgIpc) is 3.71. The Morgan fingerprint density at radius 1 is 0.395 bits per heavy atom. The molecule has 9 rings (SSSR count). The van der Waals surface area contributed by atoms with Gasteiger partial charge in [0.2, 0.25) is 0 Å². The first-order valence-corrected chi connectivity index (χ1v) is 12.7. The molecule has 8 aromatic carbocycles. The molecule has 1 aromatic heterocycles. The molecule has 0 atom stereocenters. The van der Waals surface area contributed by atoms with E-state index in [-0.39, 0.29) is 0 Å². The van der Waals surface area contributed by atoms with Gasteiger partial charge in [0, 0.05) is 10.8 Å². The Morgan fingerprint density at radius 3 is 1.63 bits per heavy atom. The minimum absolute atomic E-state index is 0.460. The molecule has 9 aromatic rings. The summed E-state index contributed by atoms with van der Waals surface area (Å²) in [5.41, 5.74) is -5.30. The van der Waals surface area contributed by atoms with Crippen LogP contribution in [-0.4, -0.2) is 0 Å². The third-order valence-electron chi connectivity index (χ3n) is 6.99. The van der Waals surface area contributed by atoms with Crippen molar-refractivity contribution in [2.45, 2.75) is 0 Å². The Hall–Kier alpha value is -5.66. The van der Waals surface area contributed by atoms with Crippen LogP contribution >= 0.6 is 0 Å². The Kier molecular flexibility index (Phi) is 2.19. The first kappa shape index (κ1) is 9.97. The molecule has 0 N–H and O–H groups in total. The van der Waals surface area contributed by atoms with Crippen molar-refractivity contribution in [3.8, 4) is 33.4 Å². The zero-order chi connectivity index (χ0) is 50.1. The van der Waals surface area contributed by atoms with Crippen LogP contribution in [-0.2, 0) is 0 Å². The predicted molar refractivity (Wildman–Crippen MR) is 183 cm³/mol. The summed E-state index contributed by atoms with van der Waals surface area (Å²) >= 11 is 0. The van der Waals surface area contributed by atoms with Gasteiger partial charge in [-0.05, 0) is 83.8 Å². The number of hydrogen-bond donors (Lipinski definition) is 0. The van der Waals surface area contributed by atoms with Crippen LogP contribution in [0.2, 0.25) is 0 Å². The Balaban J connectivity index is 1.62. The van der Waals surface area contributed by atoms with Crippen LogP contribution in [0.5, 0.6) is 0 Å². The number of hydrogen-bond acceptors (Lipinski definition) is 1. The molecular weight excluding hydrogens is 520 g/mol. The SMILES string of the molecule is [2H]c1cc([2H])c([2H])c(-c2c([2H])c([2H])c(-c3c4c([2H])c([2H])c([2H])c([2H])c4c(-c4c([2H])c([2H])c([2H])c5oc6c([2H])c7c([2H])c([2H])c([2H])c([2H])c7c([2H])c6c45)c4c([2H])c([2H])c([2H])c([2H])c34)c([2H])c2[2H])c1[2H]. The summed E-state index contributed by atoms with van der Waals surface area (Å²) in [4.78, 5) is 0. The number of furan rings is 1. The first-order chi connectivity index (χ1) is 31.7. The van der Waals surface area contributed by atoms with E-state index in [1.165, 1.54) is 0 Å². The van der Waals surface area contributed by atoms with Crippen molar-refractivity contribution in [1.29, 1.82) is 0 Å². The van der Waals surface area contributed by atoms with Crippen molar-refractivity contribution >= 4 is 54.3 Å². The Labute approximate surface area is 284 Å². The fraction of sp³-hybridized carbons (Fsp3) is 0. The van der Waals surface area contributed by atoms with E-state index in [1.54, 1.807) is 0 Å². The molecule has 0 saturated carbocycles. The summed E-state index contributed by atoms with van der Waals surface area (Å²) in [6, 6.07) is -20.5. The van der Waals surface area contributed by atoms with Crippen LogP contribution in [0.1, 0.15) is 34.3 Å². The van der Waals surface area contributed by atoms with Gasteiger partial charge in [0.05, 0.1) is 34.3 Å². The maximum Gasteiger partial charge on any atom is 0.136 e. The van der Waals surface area contributed by atoms with Gasteiger partial charge in [0.15, 0.2) is 0 Å². The van der Waals surface area contributed by atoms with Crippen LogP contribution in [0, 0.1) is 0 Å². The molecule has 0 aliphatic carbocycles. The molecule has 1 nitrogen and oxygen atoms in total. The molecule has 0 radical (unpaired) electrons. The van der Waals surface area contributed by atoms with E-state index < -0.39 is 239 Å². The number of fused-ring (bicyclic) bond motifs is 6. The maximum atomic E-state index is 9.47. The van der Waals surface area contributed by atoms with E-state index in [4.69, 9.17) is 27.7 Å². The highest BCUT2D eigenvalue weighted by Crippen LogP contribution is 2.47. The van der Waals surface area contributed by atoms with Gasteiger partial charge in [-0.15, -0.1) is 0 Å². The second kappa shape index (κ2) is 9.44. The van der Waals surface area contributed by atoms with Crippen LogP contribution in [0.4, 0.5) is 0 Å². The molecule has 1 heterocycles. The molecule has 43 heavy (non-hydrogen) atoms. The molecular formula is C42H26O. The zero-order valence-corrected chi connectivity index (χ0v) is 21.5. The van der Waals surface area contributed by atoms with Crippen molar-refractivity contribution in [2.24, 2.45) is 0 Å². The third-order valence-corrected chi connectivity index (χ3v) is 6.99. The van der Waals surface area contributed by atoms with E-state index in [9.17, 15) is 11.0 Å². The molecule has 0 unspecified atom stereocenters. The minimum atomic E-state index is -1.01. The number of benzene rings is 8. The van der Waals surface area contributed by atoms with Crippen LogP contribution in [0.3, 0.4) is 0 Å². The Morgan fingerprint density at radius 2 is 0.953 bits per heavy atom. The van der Waals surface area contributed by atoms with Crippen LogP contribution in [0.25, 0.3) is 87.6 Å². The summed E-state index contributed by atoms with van der Waals surface area (Å²) in [6.07, 6.45) is 0. The zero-order valence-electron chi connectivity index (χ0n) is 46.5. The molecule has 0 amide bonds. The van der Waals surface area contributed by atoms with Gasteiger partial charge in [0.25, 0.3) is 0 Å². The molecule has 0 fully saturated rings. The lowest BCUT2D eigenvalue weighted by Crippen LogP contribution is -1.91. The maximum absolute atomic E-state index is 9.47. The highest BCUT2D eigenvalue weighted by Gasteiger charge is 2.20. The molecule has 1 heteroatoms. The fourth-order valence-corrected chi connectivity index (χ4v) is 5.20. The van der Waals surface area contributed by atoms with Crippen molar-refractivity contribution in [2.75, 3.05) is 0 Å². The highest BCUT2D eigenvalue weighted by atomic mass is 16.3. The average molecular weight is 572 g/mol. The van der Waals surface area contributed by atoms with Gasteiger partial charge < -0.3 is 4.42 Å². The van der Waals surface area contributed by atoms with Gasteiger partial charge in [-0.25, -0.2) is 0 Å². The molecule has 0 aliphatic heterocycles. The molecule has 0 aliphatic rings. The second-order valence-corrected chi connectivity index (χ2v) is 9.32. The fourth-order valence-electron chi connectivity index (χ4n) is 5.20. The first-order valence-electron chi connectivity index (χ1n) is 25.2. The lowest BCUT2D eigenvalue weighted by atomic mass is 9.84. The van der Waals surface area contributed by atoms with Crippen molar-refractivity contribution in [3.05, 3.63) is 157 Å². The van der Waals surface area contributed by atoms with E-state index in [0.717, 1.165) is 6.07 Å². The largest absolute Gasteiger partial charge is 0.456 e. The standard InChI is InChI=1S/C42H26O/c1-2-11-27(12-3-1)28-21-23-29(24-22-28)40-32-15-6-8-17-34(32)41(35-18-9-7-16-33(35)40)36-19-10-20-38-42(36)37-25-30-13-4-5-14-31(30)26-39(37)43-38/h1-26H/i2D,3D,4D,5D,6D,7D,8D,9D,10D,11D,12D,13D,14D,15D,16D,17D,18D,19D,20D,21D,22D,23D,24D,25D,26D. The van der Waals surface area contributed by atoms with Gasteiger partial charge in [-0.2, -0.15) is 0 Å². The summed E-state index contributed by atoms with van der Waals surface area (Å²) in [7, 11) is 0. The van der Waals surface area contributed by atoms with Gasteiger partial charge in [0.1, 0.15) is 11.2 Å². The van der Waals surface area contributed by atoms with E-state index in [0.29, 0.717) is 0 Å². The second-order valence-electron chi connectivity index (χ2n) is 9.32. The van der Waals surface area contributed by atoms with Crippen molar-refractivity contribution in [1.82, 2.24) is 0 Å². The van der Waals surface area contributed by atoms with Crippen LogP contribution in [0.15, 0.2) is 162 Å². The quantitative estimate of drug-likeness (QED) is 0.192. The van der Waals surface area contributed by atoms with Crippen molar-refractivity contribution < 1.29 is 38.7 Å². The van der Waals surface area contributed by atoms with Crippen LogP contribution < -0.4 is 0 Å². The van der Waals surface area contributed by atoms with Gasteiger partial charge in [-0.3, -0.25) is 0 Å². The highest BCUT2D eigenvalue weighted by molar-refractivity contribution is 6.26. The van der Waals surface area contributed by atoms with Gasteiger partial charge >= 0.3 is 0 Å². The summed E-state index contributed by atoms with van der Waals surface area (Å²) in [5, 5.41) is -4.70. The predicted octanol–water partition coefficient (Wildman–Crippen LogP) is 12.0. The molecule has 200 valence electrons. The molecule has 0 saturated heterocycles. The molecule has 0 bridgehead atoms. The summed E-state index contributed by atoms with van der Waals surface area (Å²) in [5.74, 6) is 0. The number of rotatable bonds is 3. The van der Waals surface area contributed by atoms with E-state index in [1.807, 2.05) is 0 Å². The summed E-state index contributed by atoms with van der Waals surface area (Å²) < 4.78 is 229. The topological polar surface area (TPSA) is 13.1 Å². The van der Waals surface area contributed by atoms with E-state index >= 15 is 0 Å².